The minimum Gasteiger partial charge on any atom is -0.481 e. The zero-order valence-corrected chi connectivity index (χ0v) is 25.3. The van der Waals surface area contributed by atoms with Crippen LogP contribution in [0.3, 0.4) is 0 Å². The van der Waals surface area contributed by atoms with Gasteiger partial charge in [0.15, 0.2) is 0 Å². The third-order valence-electron chi connectivity index (χ3n) is 14.2. The predicted octanol–water partition coefficient (Wildman–Crippen LogP) is 8.44. The fourth-order valence-corrected chi connectivity index (χ4v) is 12.1. The van der Waals surface area contributed by atoms with Crippen molar-refractivity contribution in [2.75, 3.05) is 0 Å². The third kappa shape index (κ3) is 3.88. The highest BCUT2D eigenvalue weighted by Crippen LogP contribution is 2.77. The SMILES string of the molecule is C=C(C)[C@@H]1CC[C@]2(C)CC[C@]3(C)[C@H](CC[C@@H]4[C@@]5(C)CC[C@H](OC(=O)CCC(=O)O)C(C)(C)[C@@H]5CC[C@]43C)[C@@H]12. The standard InChI is InChI=1S/C34H54O4/c1-21(2)22-13-16-31(5)19-20-33(7)23(29(22)31)9-10-25-32(6)17-15-26(38-28(37)12-11-27(35)36)30(3,4)24(32)14-18-34(25,33)8/h22-26,29H,1,9-20H2,2-8H3,(H,35,36)/t22-,23+,24-,25+,26-,29+,31+,32-,33+,34+/m0/s1. The van der Waals surface area contributed by atoms with Crippen molar-refractivity contribution in [1.82, 2.24) is 0 Å². The first-order valence-electron chi connectivity index (χ1n) is 15.7. The predicted molar refractivity (Wildman–Crippen MR) is 151 cm³/mol. The van der Waals surface area contributed by atoms with Gasteiger partial charge in [0, 0.05) is 5.41 Å². The number of rotatable bonds is 5. The van der Waals surface area contributed by atoms with E-state index in [4.69, 9.17) is 9.84 Å². The van der Waals surface area contributed by atoms with E-state index in [-0.39, 0.29) is 35.7 Å². The normalized spacial score (nSPS) is 49.1. The summed E-state index contributed by atoms with van der Waals surface area (Å²) >= 11 is 0. The minimum absolute atomic E-state index is 0.0322. The zero-order chi connectivity index (χ0) is 27.9. The lowest BCUT2D eigenvalue weighted by molar-refractivity contribution is -0.249. The highest BCUT2D eigenvalue weighted by Gasteiger charge is 2.70. The lowest BCUT2D eigenvalue weighted by atomic mass is 9.32. The molecule has 0 spiro atoms. The fourth-order valence-electron chi connectivity index (χ4n) is 12.1. The van der Waals surface area contributed by atoms with Crippen LogP contribution in [0, 0.1) is 56.7 Å². The number of allylic oxidation sites excluding steroid dienone is 1. The Morgan fingerprint density at radius 2 is 1.53 bits per heavy atom. The molecule has 0 heterocycles. The average Bonchev–Trinajstić information content (AvgIpc) is 3.18. The average molecular weight is 527 g/mol. The first-order chi connectivity index (χ1) is 17.6. The summed E-state index contributed by atoms with van der Waals surface area (Å²) in [5.41, 5.74) is 2.76. The molecule has 214 valence electrons. The molecule has 0 bridgehead atoms. The lowest BCUT2D eigenvalue weighted by Gasteiger charge is -2.73. The molecular weight excluding hydrogens is 472 g/mol. The van der Waals surface area contributed by atoms with Gasteiger partial charge < -0.3 is 9.84 Å². The molecule has 0 radical (unpaired) electrons. The van der Waals surface area contributed by atoms with Crippen molar-refractivity contribution in [1.29, 1.82) is 0 Å². The third-order valence-corrected chi connectivity index (χ3v) is 14.2. The molecule has 10 atom stereocenters. The van der Waals surface area contributed by atoms with Crippen molar-refractivity contribution < 1.29 is 19.4 Å². The van der Waals surface area contributed by atoms with Gasteiger partial charge in [-0.05, 0) is 122 Å². The highest BCUT2D eigenvalue weighted by atomic mass is 16.5. The number of aliphatic carboxylic acids is 1. The molecule has 0 aromatic heterocycles. The van der Waals surface area contributed by atoms with E-state index in [2.05, 4.69) is 55.0 Å². The lowest BCUT2D eigenvalue weighted by Crippen LogP contribution is -2.66. The van der Waals surface area contributed by atoms with Crippen LogP contribution >= 0.6 is 0 Å². The maximum Gasteiger partial charge on any atom is 0.306 e. The summed E-state index contributed by atoms with van der Waals surface area (Å²) in [5, 5.41) is 8.99. The molecule has 1 N–H and O–H groups in total. The van der Waals surface area contributed by atoms with Gasteiger partial charge in [-0.2, -0.15) is 0 Å². The van der Waals surface area contributed by atoms with Gasteiger partial charge in [-0.15, -0.1) is 0 Å². The molecule has 5 aliphatic rings. The van der Waals surface area contributed by atoms with Crippen LogP contribution in [0.15, 0.2) is 12.2 Å². The summed E-state index contributed by atoms with van der Waals surface area (Å²) in [5.74, 6) is 2.21. The Hall–Kier alpha value is -1.32. The topological polar surface area (TPSA) is 63.6 Å². The van der Waals surface area contributed by atoms with Crippen molar-refractivity contribution in [3.05, 3.63) is 12.2 Å². The highest BCUT2D eigenvalue weighted by molar-refractivity contribution is 5.76. The Bertz CT molecular complexity index is 998. The van der Waals surface area contributed by atoms with Gasteiger partial charge in [0.1, 0.15) is 6.10 Å². The molecule has 0 amide bonds. The molecule has 0 aromatic carbocycles. The number of hydrogen-bond donors (Lipinski definition) is 1. The van der Waals surface area contributed by atoms with Gasteiger partial charge in [-0.3, -0.25) is 9.59 Å². The first-order valence-corrected chi connectivity index (χ1v) is 15.7. The number of hydrogen-bond acceptors (Lipinski definition) is 3. The Balaban J connectivity index is 1.41. The molecule has 5 fully saturated rings. The van der Waals surface area contributed by atoms with Crippen LogP contribution in [-0.4, -0.2) is 23.1 Å². The Labute approximate surface area is 231 Å². The molecular formula is C34H54O4. The van der Waals surface area contributed by atoms with Gasteiger partial charge in [-0.1, -0.05) is 53.7 Å². The number of carboxylic acids is 1. The molecule has 0 aromatic rings. The van der Waals surface area contributed by atoms with Crippen LogP contribution in [-0.2, 0) is 14.3 Å². The van der Waals surface area contributed by atoms with Crippen molar-refractivity contribution >= 4 is 11.9 Å². The van der Waals surface area contributed by atoms with Crippen LogP contribution in [0.5, 0.6) is 0 Å². The monoisotopic (exact) mass is 526 g/mol. The van der Waals surface area contributed by atoms with Crippen molar-refractivity contribution in [2.45, 2.75) is 132 Å². The number of carboxylic acid groups (broad SMARTS) is 1. The van der Waals surface area contributed by atoms with Crippen molar-refractivity contribution in [3.63, 3.8) is 0 Å². The molecule has 0 unspecified atom stereocenters. The molecule has 0 aliphatic heterocycles. The van der Waals surface area contributed by atoms with Crippen molar-refractivity contribution in [3.8, 4) is 0 Å². The number of ether oxygens (including phenoxy) is 1. The quantitative estimate of drug-likeness (QED) is 0.288. The summed E-state index contributed by atoms with van der Waals surface area (Å²) in [4.78, 5) is 23.5. The van der Waals surface area contributed by atoms with E-state index in [1.165, 1.54) is 56.9 Å². The Morgan fingerprint density at radius 3 is 2.18 bits per heavy atom. The zero-order valence-electron chi connectivity index (χ0n) is 25.3. The van der Waals surface area contributed by atoms with E-state index >= 15 is 0 Å². The van der Waals surface area contributed by atoms with E-state index in [9.17, 15) is 9.59 Å². The van der Waals surface area contributed by atoms with Crippen LogP contribution < -0.4 is 0 Å². The second kappa shape index (κ2) is 9.10. The van der Waals surface area contributed by atoms with Gasteiger partial charge in [0.25, 0.3) is 0 Å². The number of fused-ring (bicyclic) bond motifs is 7. The van der Waals surface area contributed by atoms with Crippen LogP contribution in [0.1, 0.15) is 126 Å². The maximum atomic E-state index is 12.5. The van der Waals surface area contributed by atoms with Crippen molar-refractivity contribution in [2.24, 2.45) is 56.7 Å². The minimum atomic E-state index is -0.941. The van der Waals surface area contributed by atoms with Gasteiger partial charge in [0.05, 0.1) is 12.8 Å². The molecule has 5 rings (SSSR count). The van der Waals surface area contributed by atoms with Gasteiger partial charge in [0.2, 0.25) is 0 Å². The Morgan fingerprint density at radius 1 is 0.816 bits per heavy atom. The molecule has 4 heteroatoms. The van der Waals surface area contributed by atoms with Crippen LogP contribution in [0.2, 0.25) is 0 Å². The van der Waals surface area contributed by atoms with E-state index in [0.717, 1.165) is 24.7 Å². The maximum absolute atomic E-state index is 12.5. The number of esters is 1. The first kappa shape index (κ1) is 28.2. The smallest absolute Gasteiger partial charge is 0.306 e. The second-order valence-electron chi connectivity index (χ2n) is 16.1. The molecule has 5 saturated carbocycles. The molecule has 4 nitrogen and oxygen atoms in total. The number of carbonyl (C=O) groups is 2. The summed E-state index contributed by atoms with van der Waals surface area (Å²) in [7, 11) is 0. The number of carbonyl (C=O) groups excluding carboxylic acids is 1. The second-order valence-corrected chi connectivity index (χ2v) is 16.1. The van der Waals surface area contributed by atoms with Gasteiger partial charge in [-0.25, -0.2) is 0 Å². The van der Waals surface area contributed by atoms with E-state index in [0.29, 0.717) is 34.0 Å². The van der Waals surface area contributed by atoms with Gasteiger partial charge >= 0.3 is 11.9 Å². The van der Waals surface area contributed by atoms with E-state index in [1.54, 1.807) is 0 Å². The Kier molecular flexibility index (Phi) is 6.76. The summed E-state index contributed by atoms with van der Waals surface area (Å²) < 4.78 is 6.00. The molecule has 38 heavy (non-hydrogen) atoms. The van der Waals surface area contributed by atoms with Crippen LogP contribution in [0.25, 0.3) is 0 Å². The largest absolute Gasteiger partial charge is 0.481 e. The van der Waals surface area contributed by atoms with E-state index in [1.807, 2.05) is 0 Å². The summed E-state index contributed by atoms with van der Waals surface area (Å²) in [6.07, 6.45) is 12.3. The summed E-state index contributed by atoms with van der Waals surface area (Å²) in [6, 6.07) is 0. The van der Waals surface area contributed by atoms with Crippen LogP contribution in [0.4, 0.5) is 0 Å². The van der Waals surface area contributed by atoms with E-state index < -0.39 is 5.97 Å². The fraction of sp³-hybridized carbons (Fsp3) is 0.882. The molecule has 5 aliphatic carbocycles. The molecule has 0 saturated heterocycles. The summed E-state index contributed by atoms with van der Waals surface area (Å²) in [6.45, 7) is 22.0.